The van der Waals surface area contributed by atoms with Crippen molar-refractivity contribution in [2.75, 3.05) is 26.7 Å². The maximum atomic E-state index is 12.2. The lowest BCUT2D eigenvalue weighted by Crippen LogP contribution is -2.39. The molecule has 0 aliphatic rings. The lowest BCUT2D eigenvalue weighted by molar-refractivity contribution is 0.0954. The second kappa shape index (κ2) is 9.91. The summed E-state index contributed by atoms with van der Waals surface area (Å²) in [5.41, 5.74) is 2.79. The molecule has 0 saturated heterocycles. The number of carbonyl (C=O) groups is 1. The zero-order chi connectivity index (χ0) is 18.9. The molecule has 140 valence electrons. The number of rotatable bonds is 7. The van der Waals surface area contributed by atoms with E-state index in [0.717, 1.165) is 28.8 Å². The highest BCUT2D eigenvalue weighted by atomic mass is 32.1. The summed E-state index contributed by atoms with van der Waals surface area (Å²) in [5, 5.41) is 9.32. The Labute approximate surface area is 159 Å². The minimum Gasteiger partial charge on any atom is -0.357 e. The first-order chi connectivity index (χ1) is 12.5. The fourth-order valence-corrected chi connectivity index (χ4v) is 3.09. The molecule has 0 aliphatic heterocycles. The van der Waals surface area contributed by atoms with Crippen LogP contribution in [0.25, 0.3) is 0 Å². The Bertz CT molecular complexity index is 756. The average molecular weight is 374 g/mol. The van der Waals surface area contributed by atoms with Gasteiger partial charge in [-0.2, -0.15) is 0 Å². The van der Waals surface area contributed by atoms with Crippen LogP contribution >= 0.6 is 11.3 Å². The van der Waals surface area contributed by atoms with Crippen LogP contribution in [-0.2, 0) is 6.54 Å². The summed E-state index contributed by atoms with van der Waals surface area (Å²) in [5.74, 6) is 0.739. The van der Waals surface area contributed by atoms with Crippen LogP contribution in [0.3, 0.4) is 0 Å². The van der Waals surface area contributed by atoms with Gasteiger partial charge in [-0.1, -0.05) is 17.7 Å². The molecule has 2 aromatic rings. The van der Waals surface area contributed by atoms with Crippen LogP contribution in [0.5, 0.6) is 0 Å². The van der Waals surface area contributed by atoms with Crippen molar-refractivity contribution >= 4 is 23.2 Å². The molecular weight excluding hydrogens is 346 g/mol. The van der Waals surface area contributed by atoms with Crippen molar-refractivity contribution in [1.82, 2.24) is 20.5 Å². The van der Waals surface area contributed by atoms with Gasteiger partial charge in [0.05, 0.1) is 23.8 Å². The lowest BCUT2D eigenvalue weighted by atomic mass is 10.1. The van der Waals surface area contributed by atoms with Crippen molar-refractivity contribution in [3.63, 3.8) is 0 Å². The number of thiazole rings is 1. The zero-order valence-electron chi connectivity index (χ0n) is 15.9. The second-order valence-corrected chi connectivity index (χ2v) is 7.14. The molecule has 0 unspecified atom stereocenters. The van der Waals surface area contributed by atoms with Crippen molar-refractivity contribution in [1.29, 1.82) is 0 Å². The van der Waals surface area contributed by atoms with Crippen LogP contribution in [0, 0.1) is 13.8 Å². The average Bonchev–Trinajstić information content (AvgIpc) is 3.02. The molecule has 2 rings (SSSR count). The first kappa shape index (κ1) is 19.9. The molecule has 0 radical (unpaired) electrons. The predicted octanol–water partition coefficient (Wildman–Crippen LogP) is 2.59. The third-order valence-corrected chi connectivity index (χ3v) is 4.52. The van der Waals surface area contributed by atoms with Gasteiger partial charge in [0.15, 0.2) is 5.96 Å². The third kappa shape index (κ3) is 6.15. The van der Waals surface area contributed by atoms with E-state index in [-0.39, 0.29) is 5.91 Å². The summed E-state index contributed by atoms with van der Waals surface area (Å²) in [6, 6.07) is 7.57. The van der Waals surface area contributed by atoms with Gasteiger partial charge in [-0.3, -0.25) is 9.79 Å². The molecule has 2 N–H and O–H groups in total. The van der Waals surface area contributed by atoms with Gasteiger partial charge in [-0.15, -0.1) is 11.3 Å². The van der Waals surface area contributed by atoms with Crippen LogP contribution in [-0.4, -0.2) is 48.4 Å². The molecule has 1 amide bonds. The van der Waals surface area contributed by atoms with Crippen LogP contribution < -0.4 is 10.6 Å². The van der Waals surface area contributed by atoms with Gasteiger partial charge in [0, 0.05) is 31.1 Å². The minimum absolute atomic E-state index is 0.0693. The molecule has 0 saturated carbocycles. The van der Waals surface area contributed by atoms with E-state index in [1.165, 1.54) is 0 Å². The Balaban J connectivity index is 1.86. The molecule has 1 aromatic carbocycles. The monoisotopic (exact) mass is 373 g/mol. The molecule has 7 heteroatoms. The quantitative estimate of drug-likeness (QED) is 0.445. The molecular formula is C19H27N5OS. The van der Waals surface area contributed by atoms with E-state index in [2.05, 4.69) is 26.0 Å². The van der Waals surface area contributed by atoms with Gasteiger partial charge >= 0.3 is 0 Å². The number of benzene rings is 1. The molecule has 0 bridgehead atoms. The van der Waals surface area contributed by atoms with Crippen LogP contribution in [0.1, 0.15) is 33.5 Å². The molecule has 1 heterocycles. The van der Waals surface area contributed by atoms with E-state index in [4.69, 9.17) is 0 Å². The number of carbonyl (C=O) groups excluding carboxylic acids is 1. The van der Waals surface area contributed by atoms with Crippen LogP contribution in [0.4, 0.5) is 0 Å². The molecule has 0 fully saturated rings. The van der Waals surface area contributed by atoms with E-state index in [1.54, 1.807) is 11.3 Å². The lowest BCUT2D eigenvalue weighted by Gasteiger charge is -2.21. The number of nitrogens with one attached hydrogen (secondary N) is 2. The summed E-state index contributed by atoms with van der Waals surface area (Å²) in [7, 11) is 1.99. The topological polar surface area (TPSA) is 69.6 Å². The molecule has 0 aliphatic carbocycles. The van der Waals surface area contributed by atoms with Gasteiger partial charge in [-0.05, 0) is 32.9 Å². The maximum Gasteiger partial charge on any atom is 0.251 e. The summed E-state index contributed by atoms with van der Waals surface area (Å²) >= 11 is 1.65. The van der Waals surface area contributed by atoms with E-state index in [9.17, 15) is 4.79 Å². The largest absolute Gasteiger partial charge is 0.357 e. The Morgan fingerprint density at radius 2 is 2.12 bits per heavy atom. The van der Waals surface area contributed by atoms with E-state index in [1.807, 2.05) is 57.0 Å². The molecule has 6 nitrogen and oxygen atoms in total. The Kier molecular flexibility index (Phi) is 7.59. The van der Waals surface area contributed by atoms with E-state index in [0.29, 0.717) is 25.2 Å². The summed E-state index contributed by atoms with van der Waals surface area (Å²) in [4.78, 5) is 23.3. The van der Waals surface area contributed by atoms with Crippen molar-refractivity contribution in [3.05, 3.63) is 51.5 Å². The van der Waals surface area contributed by atoms with Crippen molar-refractivity contribution in [3.8, 4) is 0 Å². The van der Waals surface area contributed by atoms with E-state index < -0.39 is 0 Å². The highest BCUT2D eigenvalue weighted by Gasteiger charge is 2.09. The van der Waals surface area contributed by atoms with Crippen molar-refractivity contribution in [2.24, 2.45) is 4.99 Å². The number of amides is 1. The number of aryl methyl sites for hydroxylation is 2. The van der Waals surface area contributed by atoms with Gasteiger partial charge in [-0.25, -0.2) is 4.98 Å². The Hall–Kier alpha value is -2.41. The minimum atomic E-state index is -0.0693. The number of hydrogen-bond acceptors (Lipinski definition) is 4. The smallest absolute Gasteiger partial charge is 0.251 e. The predicted molar refractivity (Wildman–Crippen MR) is 108 cm³/mol. The first-order valence-electron chi connectivity index (χ1n) is 8.75. The summed E-state index contributed by atoms with van der Waals surface area (Å²) in [6.07, 6.45) is 0. The fourth-order valence-electron chi connectivity index (χ4n) is 2.49. The van der Waals surface area contributed by atoms with Gasteiger partial charge < -0.3 is 15.5 Å². The summed E-state index contributed by atoms with van der Waals surface area (Å²) < 4.78 is 0. The number of nitrogens with zero attached hydrogens (tertiary/aromatic N) is 3. The number of guanidine groups is 1. The normalized spacial score (nSPS) is 11.3. The van der Waals surface area contributed by atoms with Gasteiger partial charge in [0.1, 0.15) is 0 Å². The van der Waals surface area contributed by atoms with Crippen molar-refractivity contribution < 1.29 is 4.79 Å². The molecule has 0 spiro atoms. The molecule has 1 aromatic heterocycles. The fraction of sp³-hybridized carbons (Fsp3) is 0.421. The third-order valence-electron chi connectivity index (χ3n) is 3.70. The Morgan fingerprint density at radius 3 is 2.77 bits per heavy atom. The first-order valence-corrected chi connectivity index (χ1v) is 9.63. The van der Waals surface area contributed by atoms with Crippen molar-refractivity contribution in [2.45, 2.75) is 27.3 Å². The highest BCUT2D eigenvalue weighted by Crippen LogP contribution is 2.09. The zero-order valence-corrected chi connectivity index (χ0v) is 16.7. The number of aliphatic imine (C=N–C) groups is 1. The highest BCUT2D eigenvalue weighted by molar-refractivity contribution is 7.09. The Morgan fingerprint density at radius 1 is 1.31 bits per heavy atom. The van der Waals surface area contributed by atoms with E-state index >= 15 is 0 Å². The SMILES string of the molecule is CCNC(=NCCNC(=O)c1cccc(C)c1)N(C)Cc1csc(C)n1. The van der Waals surface area contributed by atoms with Gasteiger partial charge in [0.25, 0.3) is 5.91 Å². The molecule has 26 heavy (non-hydrogen) atoms. The number of aromatic nitrogens is 1. The van der Waals surface area contributed by atoms with Crippen LogP contribution in [0.2, 0.25) is 0 Å². The summed E-state index contributed by atoms with van der Waals surface area (Å²) in [6.45, 7) is 8.51. The van der Waals surface area contributed by atoms with Gasteiger partial charge in [0.2, 0.25) is 0 Å². The number of hydrogen-bond donors (Lipinski definition) is 2. The standard InChI is InChI=1S/C19H27N5OS/c1-5-20-19(24(4)12-17-13-26-15(3)23-17)22-10-9-21-18(25)16-8-6-7-14(2)11-16/h6-8,11,13H,5,9-10,12H2,1-4H3,(H,20,22)(H,21,25). The second-order valence-electron chi connectivity index (χ2n) is 6.07. The molecule has 0 atom stereocenters. The van der Waals surface area contributed by atoms with Crippen LogP contribution in [0.15, 0.2) is 34.6 Å². The maximum absolute atomic E-state index is 12.2.